The van der Waals surface area contributed by atoms with Gasteiger partial charge in [-0.25, -0.2) is 9.98 Å². The fraction of sp³-hybridized carbons (Fsp3) is 0.385. The molecule has 0 aromatic carbocycles. The molecule has 2 heteroatoms. The first-order chi connectivity index (χ1) is 7.20. The van der Waals surface area contributed by atoms with Crippen LogP contribution < -0.4 is 0 Å². The topological polar surface area (TPSA) is 25.2 Å². The van der Waals surface area contributed by atoms with Gasteiger partial charge < -0.3 is 0 Å². The average molecular weight is 202 g/mol. The number of hydrogen-bond donors (Lipinski definition) is 0. The van der Waals surface area contributed by atoms with Gasteiger partial charge >= 0.3 is 0 Å². The van der Waals surface area contributed by atoms with E-state index in [-0.39, 0.29) is 0 Å². The zero-order valence-electron chi connectivity index (χ0n) is 9.86. The summed E-state index contributed by atoms with van der Waals surface area (Å²) in [5, 5.41) is 0. The zero-order chi connectivity index (χ0) is 11.3. The summed E-state index contributed by atoms with van der Waals surface area (Å²) in [6, 6.07) is 2.06. The molecule has 2 nitrogen and oxygen atoms in total. The minimum Gasteiger partial charge on any atom is -0.241 e. The van der Waals surface area contributed by atoms with Gasteiger partial charge in [-0.15, -0.1) is 0 Å². The van der Waals surface area contributed by atoms with Gasteiger partial charge in [-0.2, -0.15) is 0 Å². The van der Waals surface area contributed by atoms with E-state index in [0.717, 1.165) is 11.4 Å². The second kappa shape index (κ2) is 5.44. The molecule has 80 valence electrons. The van der Waals surface area contributed by atoms with Crippen LogP contribution >= 0.6 is 0 Å². The van der Waals surface area contributed by atoms with E-state index in [1.807, 2.05) is 26.1 Å². The smallest absolute Gasteiger partial charge is 0.159 e. The number of rotatable bonds is 3. The van der Waals surface area contributed by atoms with Gasteiger partial charge in [0.05, 0.1) is 0 Å². The van der Waals surface area contributed by atoms with Gasteiger partial charge in [-0.1, -0.05) is 26.0 Å². The monoisotopic (exact) mass is 202 g/mol. The standard InChI is InChI=1S/C13H18N2/c1-5-7-12-11(10(3)4)8-9-15-13(12)14-6-2/h5-10H,1-4H3/b7-5-,14-6?. The second-order valence-electron chi connectivity index (χ2n) is 3.68. The molecule has 1 aromatic heterocycles. The third-order valence-corrected chi connectivity index (χ3v) is 2.21. The first kappa shape index (κ1) is 11.6. The first-order valence-corrected chi connectivity index (χ1v) is 5.31. The fourth-order valence-corrected chi connectivity index (χ4v) is 1.54. The Morgan fingerprint density at radius 1 is 1.33 bits per heavy atom. The normalized spacial score (nSPS) is 12.1. The Morgan fingerprint density at radius 3 is 2.60 bits per heavy atom. The van der Waals surface area contributed by atoms with Crippen molar-refractivity contribution in [1.82, 2.24) is 4.98 Å². The van der Waals surface area contributed by atoms with Crippen molar-refractivity contribution in [3.8, 4) is 0 Å². The highest BCUT2D eigenvalue weighted by atomic mass is 14.9. The molecule has 0 N–H and O–H groups in total. The van der Waals surface area contributed by atoms with Gasteiger partial charge in [0.2, 0.25) is 0 Å². The molecule has 15 heavy (non-hydrogen) atoms. The largest absolute Gasteiger partial charge is 0.241 e. The minimum absolute atomic E-state index is 0.491. The highest BCUT2D eigenvalue weighted by Crippen LogP contribution is 2.27. The van der Waals surface area contributed by atoms with Crippen LogP contribution in [0.3, 0.4) is 0 Å². The predicted molar refractivity (Wildman–Crippen MR) is 66.9 cm³/mol. The lowest BCUT2D eigenvalue weighted by Crippen LogP contribution is -1.93. The second-order valence-corrected chi connectivity index (χ2v) is 3.68. The molecule has 0 saturated heterocycles. The van der Waals surface area contributed by atoms with E-state index in [1.54, 1.807) is 6.21 Å². The minimum atomic E-state index is 0.491. The number of pyridine rings is 1. The van der Waals surface area contributed by atoms with Gasteiger partial charge in [-0.05, 0) is 31.4 Å². The van der Waals surface area contributed by atoms with Crippen molar-refractivity contribution >= 4 is 18.1 Å². The molecule has 1 aromatic rings. The summed E-state index contributed by atoms with van der Waals surface area (Å²) in [5.74, 6) is 1.30. The van der Waals surface area contributed by atoms with Crippen LogP contribution in [0.15, 0.2) is 23.3 Å². The lowest BCUT2D eigenvalue weighted by atomic mass is 9.98. The number of aliphatic imine (C=N–C) groups is 1. The number of allylic oxidation sites excluding steroid dienone is 1. The van der Waals surface area contributed by atoms with Crippen LogP contribution in [0.5, 0.6) is 0 Å². The van der Waals surface area contributed by atoms with E-state index >= 15 is 0 Å². The van der Waals surface area contributed by atoms with E-state index in [1.165, 1.54) is 5.56 Å². The van der Waals surface area contributed by atoms with Crippen LogP contribution in [0.2, 0.25) is 0 Å². The molecule has 1 heterocycles. The Balaban J connectivity index is 3.34. The van der Waals surface area contributed by atoms with Gasteiger partial charge in [0.25, 0.3) is 0 Å². The molecule has 0 aliphatic carbocycles. The van der Waals surface area contributed by atoms with Crippen LogP contribution in [0.25, 0.3) is 6.08 Å². The van der Waals surface area contributed by atoms with Gasteiger partial charge in [0.1, 0.15) is 0 Å². The Kier molecular flexibility index (Phi) is 4.22. The van der Waals surface area contributed by atoms with Crippen LogP contribution in [-0.2, 0) is 0 Å². The van der Waals surface area contributed by atoms with Crippen molar-refractivity contribution in [3.05, 3.63) is 29.5 Å². The molecule has 0 radical (unpaired) electrons. The van der Waals surface area contributed by atoms with Crippen molar-refractivity contribution < 1.29 is 0 Å². The molecule has 0 aliphatic rings. The van der Waals surface area contributed by atoms with E-state index in [4.69, 9.17) is 0 Å². The van der Waals surface area contributed by atoms with Crippen LogP contribution in [-0.4, -0.2) is 11.2 Å². The first-order valence-electron chi connectivity index (χ1n) is 5.31. The van der Waals surface area contributed by atoms with Crippen LogP contribution in [0, 0.1) is 0 Å². The molecule has 0 bridgehead atoms. The zero-order valence-corrected chi connectivity index (χ0v) is 9.86. The van der Waals surface area contributed by atoms with E-state index in [0.29, 0.717) is 5.92 Å². The summed E-state index contributed by atoms with van der Waals surface area (Å²) < 4.78 is 0. The van der Waals surface area contributed by atoms with Crippen molar-refractivity contribution in [1.29, 1.82) is 0 Å². The highest BCUT2D eigenvalue weighted by molar-refractivity contribution is 5.69. The predicted octanol–water partition coefficient (Wildman–Crippen LogP) is 3.96. The SMILES string of the molecule is CC=Nc1nccc(C(C)C)c1/C=C\C. The maximum Gasteiger partial charge on any atom is 0.159 e. The molecule has 0 atom stereocenters. The fourth-order valence-electron chi connectivity index (χ4n) is 1.54. The van der Waals surface area contributed by atoms with Crippen molar-refractivity contribution in [2.45, 2.75) is 33.6 Å². The maximum absolute atomic E-state index is 4.28. The Bertz CT molecular complexity index is 376. The third kappa shape index (κ3) is 2.75. The molecular formula is C13H18N2. The van der Waals surface area contributed by atoms with Crippen molar-refractivity contribution in [2.24, 2.45) is 4.99 Å². The molecule has 0 spiro atoms. The van der Waals surface area contributed by atoms with Gasteiger partial charge in [0.15, 0.2) is 5.82 Å². The van der Waals surface area contributed by atoms with Gasteiger partial charge in [0, 0.05) is 18.0 Å². The van der Waals surface area contributed by atoms with E-state index in [9.17, 15) is 0 Å². The van der Waals surface area contributed by atoms with Crippen molar-refractivity contribution in [2.75, 3.05) is 0 Å². The Hall–Kier alpha value is -1.44. The molecule has 0 unspecified atom stereocenters. The number of hydrogen-bond acceptors (Lipinski definition) is 2. The summed E-state index contributed by atoms with van der Waals surface area (Å²) >= 11 is 0. The molecule has 0 aliphatic heterocycles. The lowest BCUT2D eigenvalue weighted by molar-refractivity contribution is 0.860. The summed E-state index contributed by atoms with van der Waals surface area (Å²) in [4.78, 5) is 8.56. The Morgan fingerprint density at radius 2 is 2.07 bits per heavy atom. The van der Waals surface area contributed by atoms with Crippen LogP contribution in [0.1, 0.15) is 44.7 Å². The van der Waals surface area contributed by atoms with Gasteiger partial charge in [-0.3, -0.25) is 0 Å². The quantitative estimate of drug-likeness (QED) is 0.681. The van der Waals surface area contributed by atoms with Crippen LogP contribution in [0.4, 0.5) is 5.82 Å². The molecular weight excluding hydrogens is 184 g/mol. The average Bonchev–Trinajstić information content (AvgIpc) is 2.21. The van der Waals surface area contributed by atoms with E-state index in [2.05, 4.69) is 36.0 Å². The number of nitrogens with zero attached hydrogens (tertiary/aromatic N) is 2. The molecule has 0 saturated carbocycles. The maximum atomic E-state index is 4.28. The molecule has 1 rings (SSSR count). The summed E-state index contributed by atoms with van der Waals surface area (Å²) in [7, 11) is 0. The third-order valence-electron chi connectivity index (χ3n) is 2.21. The van der Waals surface area contributed by atoms with E-state index < -0.39 is 0 Å². The molecule has 0 amide bonds. The molecule has 0 fully saturated rings. The van der Waals surface area contributed by atoms with Crippen molar-refractivity contribution in [3.63, 3.8) is 0 Å². The lowest BCUT2D eigenvalue weighted by Gasteiger charge is -2.10. The Labute approximate surface area is 91.8 Å². The summed E-state index contributed by atoms with van der Waals surface area (Å²) in [6.45, 7) is 8.28. The highest BCUT2D eigenvalue weighted by Gasteiger charge is 2.08. The summed E-state index contributed by atoms with van der Waals surface area (Å²) in [5.41, 5.74) is 2.43. The number of aromatic nitrogens is 1. The summed E-state index contributed by atoms with van der Waals surface area (Å²) in [6.07, 6.45) is 7.70.